The molecule has 1 aliphatic rings. The van der Waals surface area contributed by atoms with Gasteiger partial charge in [-0.2, -0.15) is 0 Å². The quantitative estimate of drug-likeness (QED) is 0.833. The van der Waals surface area contributed by atoms with Crippen molar-refractivity contribution in [3.8, 4) is 10.4 Å². The predicted molar refractivity (Wildman–Crippen MR) is 72.9 cm³/mol. The van der Waals surface area contributed by atoms with Gasteiger partial charge in [-0.15, -0.1) is 11.3 Å². The number of cyclic esters (lactones) is 1. The fourth-order valence-electron chi connectivity index (χ4n) is 2.17. The van der Waals surface area contributed by atoms with Crippen LogP contribution in [0.3, 0.4) is 0 Å². The molecule has 3 rings (SSSR count). The minimum Gasteiger partial charge on any atom is -0.438 e. The molecule has 0 saturated carbocycles. The van der Waals surface area contributed by atoms with Crippen molar-refractivity contribution in [2.45, 2.75) is 19.4 Å². The molecule has 0 spiro atoms. The molecule has 0 bridgehead atoms. The maximum atomic E-state index is 11.4. The molecule has 2 aromatic rings. The van der Waals surface area contributed by atoms with Gasteiger partial charge in [0.25, 0.3) is 0 Å². The van der Waals surface area contributed by atoms with Gasteiger partial charge in [0.1, 0.15) is 5.60 Å². The number of benzene rings is 1. The Hall–Kier alpha value is -1.81. The molecule has 0 saturated heterocycles. The number of hydrogen-bond acceptors (Lipinski definition) is 3. The van der Waals surface area contributed by atoms with Gasteiger partial charge in [-0.05, 0) is 43.0 Å². The molecule has 4 heteroatoms. The van der Waals surface area contributed by atoms with Crippen LogP contribution in [0.25, 0.3) is 10.4 Å². The van der Waals surface area contributed by atoms with E-state index in [2.05, 4.69) is 22.8 Å². The van der Waals surface area contributed by atoms with E-state index in [-0.39, 0.29) is 0 Å². The van der Waals surface area contributed by atoms with Crippen LogP contribution < -0.4 is 5.32 Å². The molecule has 1 aliphatic heterocycles. The summed E-state index contributed by atoms with van der Waals surface area (Å²) < 4.78 is 5.33. The van der Waals surface area contributed by atoms with E-state index in [1.807, 2.05) is 32.0 Å². The first kappa shape index (κ1) is 11.3. The molecular weight excluding hydrogens is 246 g/mol. The summed E-state index contributed by atoms with van der Waals surface area (Å²) in [4.78, 5) is 12.6. The molecule has 0 unspecified atom stereocenters. The van der Waals surface area contributed by atoms with Gasteiger partial charge in [0.2, 0.25) is 0 Å². The summed E-state index contributed by atoms with van der Waals surface area (Å²) in [5.41, 5.74) is 2.39. The van der Waals surface area contributed by atoms with Crippen LogP contribution in [0.15, 0.2) is 35.7 Å². The number of rotatable bonds is 1. The average Bonchev–Trinajstić information content (AvgIpc) is 2.81. The van der Waals surface area contributed by atoms with Gasteiger partial charge in [-0.25, -0.2) is 4.79 Å². The minimum absolute atomic E-state index is 0.392. The second-order valence-electron chi connectivity index (χ2n) is 4.76. The van der Waals surface area contributed by atoms with Crippen molar-refractivity contribution in [1.82, 2.24) is 0 Å². The number of carbonyl (C=O) groups excluding carboxylic acids is 1. The van der Waals surface area contributed by atoms with Crippen LogP contribution in [0.2, 0.25) is 0 Å². The van der Waals surface area contributed by atoms with Crippen LogP contribution in [0.1, 0.15) is 19.4 Å². The molecular formula is C14H13NO2S. The number of amides is 1. The van der Waals surface area contributed by atoms with Crippen LogP contribution in [-0.4, -0.2) is 6.09 Å². The normalized spacial score (nSPS) is 16.7. The summed E-state index contributed by atoms with van der Waals surface area (Å²) in [7, 11) is 0. The van der Waals surface area contributed by atoms with Gasteiger partial charge >= 0.3 is 6.09 Å². The van der Waals surface area contributed by atoms with Crippen molar-refractivity contribution in [3.63, 3.8) is 0 Å². The molecule has 1 amide bonds. The van der Waals surface area contributed by atoms with Crippen molar-refractivity contribution in [2.24, 2.45) is 0 Å². The van der Waals surface area contributed by atoms with Crippen molar-refractivity contribution >= 4 is 23.1 Å². The van der Waals surface area contributed by atoms with E-state index in [1.165, 1.54) is 4.88 Å². The molecule has 0 aliphatic carbocycles. The summed E-state index contributed by atoms with van der Waals surface area (Å²) in [5, 5.41) is 4.78. The van der Waals surface area contributed by atoms with Crippen LogP contribution in [0, 0.1) is 0 Å². The van der Waals surface area contributed by atoms with E-state index < -0.39 is 11.7 Å². The first-order chi connectivity index (χ1) is 8.56. The zero-order valence-electron chi connectivity index (χ0n) is 10.2. The van der Waals surface area contributed by atoms with Gasteiger partial charge in [0.15, 0.2) is 0 Å². The van der Waals surface area contributed by atoms with E-state index in [0.717, 1.165) is 16.8 Å². The Labute approximate surface area is 109 Å². The van der Waals surface area contributed by atoms with Gasteiger partial charge < -0.3 is 4.74 Å². The molecule has 2 heterocycles. The highest BCUT2D eigenvalue weighted by Crippen LogP contribution is 2.38. The monoisotopic (exact) mass is 259 g/mol. The Balaban J connectivity index is 2.13. The van der Waals surface area contributed by atoms with Crippen LogP contribution in [0.5, 0.6) is 0 Å². The first-order valence-corrected chi connectivity index (χ1v) is 6.63. The lowest BCUT2D eigenvalue weighted by Gasteiger charge is -2.32. The number of nitrogens with one attached hydrogen (secondary N) is 1. The topological polar surface area (TPSA) is 38.3 Å². The van der Waals surface area contributed by atoms with E-state index in [0.29, 0.717) is 0 Å². The molecule has 92 valence electrons. The Bertz CT molecular complexity index is 602. The number of anilines is 1. The van der Waals surface area contributed by atoms with E-state index in [9.17, 15) is 4.79 Å². The lowest BCUT2D eigenvalue weighted by molar-refractivity contribution is 0.0421. The Kier molecular flexibility index (Phi) is 2.41. The number of hydrogen-bond donors (Lipinski definition) is 1. The number of ether oxygens (including phenoxy) is 1. The van der Waals surface area contributed by atoms with Crippen LogP contribution in [-0.2, 0) is 10.3 Å². The number of thiophene rings is 1. The van der Waals surface area contributed by atoms with E-state index in [4.69, 9.17) is 4.74 Å². The second kappa shape index (κ2) is 3.85. The van der Waals surface area contributed by atoms with Gasteiger partial charge in [0.05, 0.1) is 5.69 Å². The van der Waals surface area contributed by atoms with Crippen molar-refractivity contribution in [3.05, 3.63) is 41.3 Å². The first-order valence-electron chi connectivity index (χ1n) is 5.75. The number of carbonyl (C=O) groups is 1. The van der Waals surface area contributed by atoms with Gasteiger partial charge in [0, 0.05) is 10.4 Å². The highest BCUT2D eigenvalue weighted by Gasteiger charge is 2.33. The third kappa shape index (κ3) is 1.78. The van der Waals surface area contributed by atoms with Crippen molar-refractivity contribution < 1.29 is 9.53 Å². The highest BCUT2D eigenvalue weighted by atomic mass is 32.1. The maximum absolute atomic E-state index is 11.4. The predicted octanol–water partition coefficient (Wildman–Crippen LogP) is 4.21. The zero-order valence-corrected chi connectivity index (χ0v) is 11.0. The Morgan fingerprint density at radius 2 is 2.11 bits per heavy atom. The smallest absolute Gasteiger partial charge is 0.412 e. The molecule has 3 nitrogen and oxygen atoms in total. The molecule has 0 fully saturated rings. The maximum Gasteiger partial charge on any atom is 0.412 e. The van der Waals surface area contributed by atoms with Crippen LogP contribution in [0.4, 0.5) is 10.5 Å². The average molecular weight is 259 g/mol. The Morgan fingerprint density at radius 1 is 1.28 bits per heavy atom. The summed E-state index contributed by atoms with van der Waals surface area (Å²) in [6.07, 6.45) is -0.392. The second-order valence-corrected chi connectivity index (χ2v) is 5.71. The summed E-state index contributed by atoms with van der Waals surface area (Å²) in [6.45, 7) is 3.81. The highest BCUT2D eigenvalue weighted by molar-refractivity contribution is 7.13. The fraction of sp³-hybridized carbons (Fsp3) is 0.214. The van der Waals surface area contributed by atoms with Gasteiger partial charge in [-0.3, -0.25) is 5.32 Å². The van der Waals surface area contributed by atoms with E-state index >= 15 is 0 Å². The lowest BCUT2D eigenvalue weighted by Crippen LogP contribution is -2.34. The standard InChI is InChI=1S/C14H13NO2S/c1-14(2)10-8-9(12-4-3-7-18-12)5-6-11(10)15-13(16)17-14/h3-8H,1-2H3,(H,15,16). The van der Waals surface area contributed by atoms with Crippen LogP contribution >= 0.6 is 11.3 Å². The SMILES string of the molecule is CC1(C)OC(=O)Nc2ccc(-c3cccs3)cc21. The van der Waals surface area contributed by atoms with E-state index in [1.54, 1.807) is 11.3 Å². The summed E-state index contributed by atoms with van der Waals surface area (Å²) >= 11 is 1.70. The largest absolute Gasteiger partial charge is 0.438 e. The van der Waals surface area contributed by atoms with Crippen molar-refractivity contribution in [1.29, 1.82) is 0 Å². The molecule has 1 N–H and O–H groups in total. The molecule has 1 aromatic carbocycles. The molecule has 18 heavy (non-hydrogen) atoms. The lowest BCUT2D eigenvalue weighted by atomic mass is 9.93. The minimum atomic E-state index is -0.592. The molecule has 0 atom stereocenters. The number of fused-ring (bicyclic) bond motifs is 1. The Morgan fingerprint density at radius 3 is 2.83 bits per heavy atom. The third-order valence-corrected chi connectivity index (χ3v) is 3.98. The summed E-state index contributed by atoms with van der Waals surface area (Å²) in [5.74, 6) is 0. The fourth-order valence-corrected chi connectivity index (χ4v) is 2.89. The summed E-state index contributed by atoms with van der Waals surface area (Å²) in [6, 6.07) is 10.2. The molecule has 0 radical (unpaired) electrons. The van der Waals surface area contributed by atoms with Gasteiger partial charge in [-0.1, -0.05) is 12.1 Å². The van der Waals surface area contributed by atoms with Crippen molar-refractivity contribution in [2.75, 3.05) is 5.32 Å². The molecule has 1 aromatic heterocycles. The zero-order chi connectivity index (χ0) is 12.8. The third-order valence-electron chi connectivity index (χ3n) is 3.06.